The van der Waals surface area contributed by atoms with E-state index < -0.39 is 6.04 Å². The third-order valence-electron chi connectivity index (χ3n) is 7.14. The van der Waals surface area contributed by atoms with E-state index >= 15 is 0 Å². The Balaban J connectivity index is 1.34. The van der Waals surface area contributed by atoms with E-state index in [0.717, 1.165) is 86.0 Å². The van der Waals surface area contributed by atoms with Crippen LogP contribution in [-0.2, 0) is 24.2 Å². The lowest BCUT2D eigenvalue weighted by Gasteiger charge is -2.24. The van der Waals surface area contributed by atoms with Gasteiger partial charge in [0.05, 0.1) is 16.7 Å². The Morgan fingerprint density at radius 3 is 2.87 bits per heavy atom. The highest BCUT2D eigenvalue weighted by atomic mass is 79.9. The van der Waals surface area contributed by atoms with Crippen LogP contribution in [0.5, 0.6) is 0 Å². The van der Waals surface area contributed by atoms with Crippen LogP contribution in [0.1, 0.15) is 55.3 Å². The van der Waals surface area contributed by atoms with Gasteiger partial charge in [0.1, 0.15) is 24.3 Å². The first-order valence-electron chi connectivity index (χ1n) is 13.8. The summed E-state index contributed by atoms with van der Waals surface area (Å²) in [6, 6.07) is 6.02. The van der Waals surface area contributed by atoms with Crippen molar-refractivity contribution in [2.75, 3.05) is 36.8 Å². The Labute approximate surface area is 238 Å². The third-order valence-corrected chi connectivity index (χ3v) is 7.55. The van der Waals surface area contributed by atoms with Crippen LogP contribution in [-0.4, -0.2) is 67.9 Å². The lowest BCUT2D eigenvalue weighted by molar-refractivity contribution is -0.895. The van der Waals surface area contributed by atoms with Crippen molar-refractivity contribution in [3.8, 4) is 0 Å². The van der Waals surface area contributed by atoms with Gasteiger partial charge in [-0.2, -0.15) is 5.10 Å². The highest BCUT2D eigenvalue weighted by molar-refractivity contribution is 9.10. The number of halogens is 1. The molecule has 4 rings (SSSR count). The molecule has 11 heteroatoms. The third kappa shape index (κ3) is 8.47. The fourth-order valence-electron chi connectivity index (χ4n) is 4.96. The number of fused-ring (bicyclic) bond motifs is 1. The van der Waals surface area contributed by atoms with Crippen molar-refractivity contribution in [1.82, 2.24) is 24.6 Å². The minimum atomic E-state index is -0.458. The minimum absolute atomic E-state index is 0.00491. The molecule has 3 aromatic heterocycles. The topological polar surface area (TPSA) is 112 Å². The monoisotopic (exact) mass is 599 g/mol. The van der Waals surface area contributed by atoms with Crippen molar-refractivity contribution in [2.24, 2.45) is 0 Å². The molecular weight excluding hydrogens is 560 g/mol. The first-order chi connectivity index (χ1) is 18.8. The number of ketones is 1. The summed E-state index contributed by atoms with van der Waals surface area (Å²) in [5.41, 5.74) is 4.62. The van der Waals surface area contributed by atoms with E-state index in [1.54, 1.807) is 13.1 Å². The Morgan fingerprint density at radius 1 is 1.28 bits per heavy atom. The van der Waals surface area contributed by atoms with Crippen LogP contribution in [0, 0.1) is 13.8 Å². The zero-order chi connectivity index (χ0) is 27.8. The lowest BCUT2D eigenvalue weighted by atomic mass is 10.1. The number of nitrogens with one attached hydrogen (secondary N) is 2. The Morgan fingerprint density at radius 2 is 2.13 bits per heavy atom. The molecule has 1 aliphatic heterocycles. The van der Waals surface area contributed by atoms with Crippen molar-refractivity contribution in [3.63, 3.8) is 0 Å². The highest BCUT2D eigenvalue weighted by Crippen LogP contribution is 2.20. The van der Waals surface area contributed by atoms with E-state index in [2.05, 4.69) is 66.7 Å². The number of hydrogen-bond donors (Lipinski definition) is 3. The van der Waals surface area contributed by atoms with E-state index in [9.17, 15) is 10.0 Å². The van der Waals surface area contributed by atoms with Crippen LogP contribution in [0.4, 0.5) is 11.8 Å². The number of carbonyl (C=O) groups excluding carboxylic acids is 1. The van der Waals surface area contributed by atoms with E-state index in [4.69, 9.17) is 4.98 Å². The first-order valence-corrected chi connectivity index (χ1v) is 14.6. The number of rotatable bonds is 14. The predicted octanol–water partition coefficient (Wildman–Crippen LogP) is 3.72. The average Bonchev–Trinajstić information content (AvgIpc) is 3.24. The van der Waals surface area contributed by atoms with Gasteiger partial charge in [-0.15, -0.1) is 0 Å². The Bertz CT molecular complexity index is 1260. The molecular formula is C28H40BrN8O2+. The zero-order valence-corrected chi connectivity index (χ0v) is 24.7. The molecule has 39 heavy (non-hydrogen) atoms. The molecule has 1 atom stereocenters. The summed E-state index contributed by atoms with van der Waals surface area (Å²) in [5.74, 6) is 1.29. The van der Waals surface area contributed by atoms with Gasteiger partial charge in [0.2, 0.25) is 0 Å². The number of anilines is 2. The van der Waals surface area contributed by atoms with Gasteiger partial charge in [0.15, 0.2) is 5.78 Å². The maximum Gasteiger partial charge on any atom is 0.428 e. The van der Waals surface area contributed by atoms with Gasteiger partial charge in [0.25, 0.3) is 0 Å². The average molecular weight is 601 g/mol. The highest BCUT2D eigenvalue weighted by Gasteiger charge is 2.23. The molecule has 210 valence electrons. The van der Waals surface area contributed by atoms with Gasteiger partial charge in [-0.1, -0.05) is 15.8 Å². The van der Waals surface area contributed by atoms with Gasteiger partial charge in [-0.25, -0.2) is 4.98 Å². The molecule has 0 bridgehead atoms. The number of aryl methyl sites for hydroxylation is 4. The van der Waals surface area contributed by atoms with Gasteiger partial charge >= 0.3 is 5.95 Å². The van der Waals surface area contributed by atoms with E-state index in [1.165, 1.54) is 18.2 Å². The second kappa shape index (κ2) is 13.8. The number of hydrogen-bond acceptors (Lipinski definition) is 8. The van der Waals surface area contributed by atoms with Gasteiger partial charge < -0.3 is 15.4 Å². The van der Waals surface area contributed by atoms with Crippen LogP contribution in [0.25, 0.3) is 0 Å². The van der Waals surface area contributed by atoms with E-state index in [-0.39, 0.29) is 11.7 Å². The summed E-state index contributed by atoms with van der Waals surface area (Å²) in [5, 5.41) is 21.3. The quantitative estimate of drug-likeness (QED) is 0.146. The van der Waals surface area contributed by atoms with E-state index in [1.807, 2.05) is 11.6 Å². The fourth-order valence-corrected chi connectivity index (χ4v) is 5.26. The molecule has 0 amide bonds. The summed E-state index contributed by atoms with van der Waals surface area (Å²) < 4.78 is 3.59. The summed E-state index contributed by atoms with van der Waals surface area (Å²) in [6.45, 7) is 9.95. The van der Waals surface area contributed by atoms with Crippen molar-refractivity contribution in [1.29, 1.82) is 0 Å². The molecule has 0 spiro atoms. The summed E-state index contributed by atoms with van der Waals surface area (Å²) >= 11 is 3.29. The number of aromatic nitrogens is 5. The maximum absolute atomic E-state index is 12.5. The van der Waals surface area contributed by atoms with Crippen molar-refractivity contribution in [2.45, 2.75) is 71.9 Å². The molecule has 0 saturated carbocycles. The van der Waals surface area contributed by atoms with Gasteiger partial charge in [-0.05, 0) is 93.0 Å². The lowest BCUT2D eigenvalue weighted by Crippen LogP contribution is -2.41. The molecule has 0 unspecified atom stereocenters. The number of pyridine rings is 1. The fraction of sp³-hybridized carbons (Fsp3) is 0.536. The normalized spacial score (nSPS) is 13.7. The van der Waals surface area contributed by atoms with Crippen molar-refractivity contribution >= 4 is 33.5 Å². The standard InChI is InChI=1S/C28H39BrN8O2/c1-20-17-21(2)36(34-20)16-15-35(13-5-4-8-25-10-9-23-7-6-12-30-27(23)32-25)14-11-26(22(3)38)33-28-31-18-24(29)19-37(28)39/h9-10,17-19,26,39H,4-8,11-16H2,1-3H3,(H,30,32)/p+1/t26-/m0/s1. The van der Waals surface area contributed by atoms with Gasteiger partial charge in [-0.3, -0.25) is 14.8 Å². The molecule has 1 aliphatic rings. The van der Waals surface area contributed by atoms with E-state index in [0.29, 0.717) is 10.9 Å². The molecule has 0 aliphatic carbocycles. The summed E-state index contributed by atoms with van der Waals surface area (Å²) in [6.07, 6.45) is 8.97. The van der Waals surface area contributed by atoms with Gasteiger partial charge in [0, 0.05) is 37.4 Å². The molecule has 0 radical (unpaired) electrons. The Kier molecular flexibility index (Phi) is 10.3. The van der Waals surface area contributed by atoms with Crippen LogP contribution in [0.3, 0.4) is 0 Å². The second-order valence-corrected chi connectivity index (χ2v) is 11.2. The SMILES string of the molecule is CC(=O)[C@H](CCN(CCCCc1ccc2c(n1)NCCC2)CCn1nc(C)cc1C)Nc1ncc(Br)c[n+]1O. The molecule has 0 aromatic carbocycles. The Hall–Kier alpha value is -3.05. The summed E-state index contributed by atoms with van der Waals surface area (Å²) in [7, 11) is 0. The second-order valence-electron chi connectivity index (χ2n) is 10.3. The van der Waals surface area contributed by atoms with Crippen LogP contribution in [0.15, 0.2) is 35.1 Å². The number of unbranched alkanes of at least 4 members (excludes halogenated alkanes) is 1. The molecule has 3 aromatic rings. The molecule has 3 N–H and O–H groups in total. The molecule has 10 nitrogen and oxygen atoms in total. The minimum Gasteiger partial charge on any atom is -0.371 e. The number of carbonyl (C=O) groups is 1. The van der Waals surface area contributed by atoms with Crippen molar-refractivity contribution in [3.05, 3.63) is 57.7 Å². The van der Waals surface area contributed by atoms with Crippen molar-refractivity contribution < 1.29 is 14.7 Å². The molecule has 0 fully saturated rings. The number of nitrogens with zero attached hydrogens (tertiary/aromatic N) is 6. The first kappa shape index (κ1) is 28.9. The molecule has 4 heterocycles. The zero-order valence-electron chi connectivity index (χ0n) is 23.2. The van der Waals surface area contributed by atoms with Crippen LogP contribution < -0.4 is 15.4 Å². The summed E-state index contributed by atoms with van der Waals surface area (Å²) in [4.78, 5) is 23.9. The maximum atomic E-state index is 12.5. The van der Waals surface area contributed by atoms with Crippen LogP contribution >= 0.6 is 15.9 Å². The molecule has 0 saturated heterocycles. The number of Topliss-reactive ketones (excluding diaryl/α,β-unsaturated/α-hetero) is 1. The predicted molar refractivity (Wildman–Crippen MR) is 154 cm³/mol. The smallest absolute Gasteiger partial charge is 0.371 e. The largest absolute Gasteiger partial charge is 0.428 e. The van der Waals surface area contributed by atoms with Crippen LogP contribution in [0.2, 0.25) is 0 Å².